The minimum absolute atomic E-state index is 0.439. The molecule has 15 heavy (non-hydrogen) atoms. The minimum Gasteiger partial charge on any atom is -0.236 e. The van der Waals surface area contributed by atoms with E-state index in [2.05, 4.69) is 4.98 Å². The van der Waals surface area contributed by atoms with Crippen molar-refractivity contribution >= 4 is 23.2 Å². The fourth-order valence-electron chi connectivity index (χ4n) is 1.42. The highest BCUT2D eigenvalue weighted by atomic mass is 35.5. The summed E-state index contributed by atoms with van der Waals surface area (Å²) in [6.07, 6.45) is 0. The Morgan fingerprint density at radius 3 is 2.40 bits per heavy atom. The minimum atomic E-state index is 0.439. The standard InChI is InChI=1S/C12H9Cl2N/c13-8-10-6-7-11(14)15-12(10)9-4-2-1-3-5-9/h1-7H,8H2. The van der Waals surface area contributed by atoms with E-state index in [-0.39, 0.29) is 0 Å². The van der Waals surface area contributed by atoms with Crippen LogP contribution in [0.15, 0.2) is 42.5 Å². The highest BCUT2D eigenvalue weighted by Gasteiger charge is 2.06. The average Bonchev–Trinajstić information content (AvgIpc) is 2.30. The van der Waals surface area contributed by atoms with E-state index in [1.54, 1.807) is 6.07 Å². The van der Waals surface area contributed by atoms with Gasteiger partial charge in [0.25, 0.3) is 0 Å². The number of alkyl halides is 1. The summed E-state index contributed by atoms with van der Waals surface area (Å²) in [5.41, 5.74) is 2.89. The number of aromatic nitrogens is 1. The van der Waals surface area contributed by atoms with Crippen LogP contribution in [0.25, 0.3) is 11.3 Å². The number of rotatable bonds is 2. The van der Waals surface area contributed by atoms with Crippen LogP contribution >= 0.6 is 23.2 Å². The van der Waals surface area contributed by atoms with E-state index < -0.39 is 0 Å². The molecule has 0 saturated heterocycles. The molecule has 2 aromatic rings. The van der Waals surface area contributed by atoms with Gasteiger partial charge < -0.3 is 0 Å². The third kappa shape index (κ3) is 2.31. The largest absolute Gasteiger partial charge is 0.236 e. The molecule has 1 aromatic carbocycles. The fraction of sp³-hybridized carbons (Fsp3) is 0.0833. The first kappa shape index (κ1) is 10.5. The second-order valence-electron chi connectivity index (χ2n) is 3.14. The van der Waals surface area contributed by atoms with Crippen molar-refractivity contribution in [3.8, 4) is 11.3 Å². The first-order valence-electron chi connectivity index (χ1n) is 4.58. The molecule has 0 fully saturated rings. The van der Waals surface area contributed by atoms with E-state index in [0.717, 1.165) is 16.8 Å². The van der Waals surface area contributed by atoms with Crippen molar-refractivity contribution in [3.05, 3.63) is 53.2 Å². The maximum atomic E-state index is 5.87. The van der Waals surface area contributed by atoms with Gasteiger partial charge in [0.2, 0.25) is 0 Å². The lowest BCUT2D eigenvalue weighted by atomic mass is 10.1. The number of halogens is 2. The zero-order valence-electron chi connectivity index (χ0n) is 7.95. The lowest BCUT2D eigenvalue weighted by Gasteiger charge is -2.06. The molecule has 0 aliphatic carbocycles. The van der Waals surface area contributed by atoms with Crippen LogP contribution in [0.5, 0.6) is 0 Å². The third-order valence-electron chi connectivity index (χ3n) is 2.14. The molecule has 1 nitrogen and oxygen atoms in total. The van der Waals surface area contributed by atoms with Gasteiger partial charge in [-0.25, -0.2) is 4.98 Å². The summed E-state index contributed by atoms with van der Waals surface area (Å²) in [5, 5.41) is 0.489. The molecule has 2 rings (SSSR count). The molecule has 76 valence electrons. The van der Waals surface area contributed by atoms with E-state index >= 15 is 0 Å². The van der Waals surface area contributed by atoms with Crippen LogP contribution in [0.2, 0.25) is 5.15 Å². The molecule has 0 atom stereocenters. The molecule has 0 radical (unpaired) electrons. The summed E-state index contributed by atoms with van der Waals surface area (Å²) in [7, 11) is 0. The number of hydrogen-bond donors (Lipinski definition) is 0. The second-order valence-corrected chi connectivity index (χ2v) is 3.80. The average molecular weight is 238 g/mol. The van der Waals surface area contributed by atoms with Gasteiger partial charge in [-0.05, 0) is 11.6 Å². The molecule has 0 unspecified atom stereocenters. The van der Waals surface area contributed by atoms with Gasteiger partial charge in [0.15, 0.2) is 0 Å². The summed E-state index contributed by atoms with van der Waals surface area (Å²) in [6, 6.07) is 13.6. The van der Waals surface area contributed by atoms with Crippen molar-refractivity contribution in [2.24, 2.45) is 0 Å². The normalized spacial score (nSPS) is 10.3. The van der Waals surface area contributed by atoms with E-state index in [0.29, 0.717) is 11.0 Å². The molecule has 0 amide bonds. The maximum absolute atomic E-state index is 5.87. The van der Waals surface area contributed by atoms with E-state index in [9.17, 15) is 0 Å². The van der Waals surface area contributed by atoms with Crippen LogP contribution in [0.1, 0.15) is 5.56 Å². The lowest BCUT2D eigenvalue weighted by molar-refractivity contribution is 1.25. The van der Waals surface area contributed by atoms with Crippen LogP contribution in [0, 0.1) is 0 Å². The quantitative estimate of drug-likeness (QED) is 0.566. The van der Waals surface area contributed by atoms with Crippen molar-refractivity contribution in [1.29, 1.82) is 0 Å². The van der Waals surface area contributed by atoms with Crippen molar-refractivity contribution in [3.63, 3.8) is 0 Å². The molecule has 0 bridgehead atoms. The summed E-state index contributed by atoms with van der Waals surface area (Å²) in [6.45, 7) is 0. The topological polar surface area (TPSA) is 12.9 Å². The van der Waals surface area contributed by atoms with Gasteiger partial charge >= 0.3 is 0 Å². The van der Waals surface area contributed by atoms with Crippen molar-refractivity contribution in [2.75, 3.05) is 0 Å². The molecular formula is C12H9Cl2N. The van der Waals surface area contributed by atoms with Gasteiger partial charge in [-0.2, -0.15) is 0 Å². The Hall–Kier alpha value is -1.05. The van der Waals surface area contributed by atoms with Crippen LogP contribution < -0.4 is 0 Å². The first-order valence-corrected chi connectivity index (χ1v) is 5.49. The molecule has 1 aromatic heterocycles. The second kappa shape index (κ2) is 4.65. The van der Waals surface area contributed by atoms with Crippen LogP contribution in [-0.4, -0.2) is 4.98 Å². The van der Waals surface area contributed by atoms with E-state index in [1.165, 1.54) is 0 Å². The number of pyridine rings is 1. The summed E-state index contributed by atoms with van der Waals surface area (Å²) < 4.78 is 0. The Morgan fingerprint density at radius 1 is 1.00 bits per heavy atom. The molecule has 0 aliphatic rings. The SMILES string of the molecule is ClCc1ccc(Cl)nc1-c1ccccc1. The Kier molecular flexibility index (Phi) is 3.24. The summed E-state index contributed by atoms with van der Waals surface area (Å²) in [5.74, 6) is 0.439. The summed E-state index contributed by atoms with van der Waals surface area (Å²) >= 11 is 11.7. The predicted molar refractivity (Wildman–Crippen MR) is 64.2 cm³/mol. The van der Waals surface area contributed by atoms with Gasteiger partial charge in [-0.15, -0.1) is 11.6 Å². The summed E-state index contributed by atoms with van der Waals surface area (Å²) in [4.78, 5) is 4.30. The van der Waals surface area contributed by atoms with Crippen LogP contribution in [-0.2, 0) is 5.88 Å². The zero-order valence-corrected chi connectivity index (χ0v) is 9.46. The Balaban J connectivity index is 2.56. The highest BCUT2D eigenvalue weighted by Crippen LogP contribution is 2.24. The zero-order chi connectivity index (χ0) is 10.7. The molecule has 0 aliphatic heterocycles. The predicted octanol–water partition coefficient (Wildman–Crippen LogP) is 4.14. The van der Waals surface area contributed by atoms with E-state index in [4.69, 9.17) is 23.2 Å². The Bertz CT molecular complexity index is 454. The van der Waals surface area contributed by atoms with Crippen LogP contribution in [0.4, 0.5) is 0 Å². The molecule has 0 saturated carbocycles. The van der Waals surface area contributed by atoms with Gasteiger partial charge in [-0.1, -0.05) is 48.0 Å². The maximum Gasteiger partial charge on any atom is 0.129 e. The first-order chi connectivity index (χ1) is 7.31. The highest BCUT2D eigenvalue weighted by molar-refractivity contribution is 6.29. The Morgan fingerprint density at radius 2 is 1.73 bits per heavy atom. The van der Waals surface area contributed by atoms with Gasteiger partial charge in [0, 0.05) is 11.4 Å². The van der Waals surface area contributed by atoms with Crippen molar-refractivity contribution in [2.45, 2.75) is 5.88 Å². The lowest BCUT2D eigenvalue weighted by Crippen LogP contribution is -1.90. The monoisotopic (exact) mass is 237 g/mol. The molecule has 1 heterocycles. The third-order valence-corrected chi connectivity index (χ3v) is 2.63. The number of hydrogen-bond acceptors (Lipinski definition) is 1. The van der Waals surface area contributed by atoms with Gasteiger partial charge in [-0.3, -0.25) is 0 Å². The number of benzene rings is 1. The van der Waals surface area contributed by atoms with Gasteiger partial charge in [0.1, 0.15) is 5.15 Å². The number of nitrogens with zero attached hydrogens (tertiary/aromatic N) is 1. The molecule has 0 N–H and O–H groups in total. The van der Waals surface area contributed by atoms with Gasteiger partial charge in [0.05, 0.1) is 5.69 Å². The molecular weight excluding hydrogens is 229 g/mol. The van der Waals surface area contributed by atoms with Crippen molar-refractivity contribution in [1.82, 2.24) is 4.98 Å². The Labute approximate surface area is 98.7 Å². The molecule has 0 spiro atoms. The fourth-order valence-corrected chi connectivity index (χ4v) is 1.78. The van der Waals surface area contributed by atoms with E-state index in [1.807, 2.05) is 36.4 Å². The van der Waals surface area contributed by atoms with Crippen LogP contribution in [0.3, 0.4) is 0 Å². The van der Waals surface area contributed by atoms with Crippen molar-refractivity contribution < 1.29 is 0 Å². The molecule has 3 heteroatoms. The smallest absolute Gasteiger partial charge is 0.129 e.